The van der Waals surface area contributed by atoms with Crippen LogP contribution in [0.5, 0.6) is 5.75 Å². The second kappa shape index (κ2) is 5.75. The molecule has 2 aromatic rings. The van der Waals surface area contributed by atoms with Gasteiger partial charge in [0.25, 0.3) is 0 Å². The van der Waals surface area contributed by atoms with E-state index in [0.717, 1.165) is 6.07 Å². The van der Waals surface area contributed by atoms with Gasteiger partial charge in [-0.1, -0.05) is 0 Å². The van der Waals surface area contributed by atoms with Gasteiger partial charge in [0.2, 0.25) is 0 Å². The lowest BCUT2D eigenvalue weighted by Crippen LogP contribution is -2.03. The van der Waals surface area contributed by atoms with E-state index in [1.165, 1.54) is 31.6 Å². The highest BCUT2D eigenvalue weighted by molar-refractivity contribution is 5.27. The first-order valence-electron chi connectivity index (χ1n) is 5.70. The third-order valence-electron chi connectivity index (χ3n) is 2.71. The minimum absolute atomic E-state index is 0.101. The fraction of sp³-hybridized carbons (Fsp3) is 0.214. The van der Waals surface area contributed by atoms with Crippen molar-refractivity contribution in [2.24, 2.45) is 0 Å². The van der Waals surface area contributed by atoms with Crippen molar-refractivity contribution >= 4 is 0 Å². The molecule has 1 unspecified atom stereocenters. The van der Waals surface area contributed by atoms with E-state index < -0.39 is 17.7 Å². The molecule has 0 spiro atoms. The molecule has 0 amide bonds. The number of aliphatic hydroxyl groups is 1. The van der Waals surface area contributed by atoms with Gasteiger partial charge in [-0.15, -0.1) is 0 Å². The van der Waals surface area contributed by atoms with Crippen LogP contribution >= 0.6 is 0 Å². The van der Waals surface area contributed by atoms with Crippen LogP contribution in [0.1, 0.15) is 17.2 Å². The molecule has 1 aromatic heterocycles. The Bertz CT molecular complexity index is 555. The Kier molecular flexibility index (Phi) is 4.06. The molecule has 19 heavy (non-hydrogen) atoms. The van der Waals surface area contributed by atoms with Gasteiger partial charge < -0.3 is 9.84 Å². The van der Waals surface area contributed by atoms with Crippen LogP contribution in [0.2, 0.25) is 0 Å². The number of methoxy groups -OCH3 is 1. The van der Waals surface area contributed by atoms with Gasteiger partial charge in [-0.3, -0.25) is 4.98 Å². The summed E-state index contributed by atoms with van der Waals surface area (Å²) < 4.78 is 31.1. The molecule has 0 aliphatic rings. The molecule has 0 aliphatic carbocycles. The molecular weight excluding hydrogens is 252 g/mol. The second-order valence-corrected chi connectivity index (χ2v) is 4.16. The molecule has 1 heterocycles. The largest absolute Gasteiger partial charge is 0.495 e. The summed E-state index contributed by atoms with van der Waals surface area (Å²) in [5.74, 6) is -0.807. The lowest BCUT2D eigenvalue weighted by atomic mass is 10.0. The summed E-state index contributed by atoms with van der Waals surface area (Å²) in [6.45, 7) is 0. The van der Waals surface area contributed by atoms with E-state index in [1.54, 1.807) is 6.07 Å². The molecule has 3 nitrogen and oxygen atoms in total. The fourth-order valence-electron chi connectivity index (χ4n) is 1.80. The minimum Gasteiger partial charge on any atom is -0.495 e. The average Bonchev–Trinajstić information content (AvgIpc) is 2.37. The SMILES string of the molecule is COc1cncc(C(O)Cc2cc(F)cc(F)c2)c1. The monoisotopic (exact) mass is 265 g/mol. The molecule has 100 valence electrons. The minimum atomic E-state index is -0.899. The maximum atomic E-state index is 13.0. The van der Waals surface area contributed by atoms with Crippen LogP contribution in [-0.2, 0) is 6.42 Å². The first-order chi connectivity index (χ1) is 9.08. The summed E-state index contributed by atoms with van der Waals surface area (Å²) in [4.78, 5) is 3.92. The number of nitrogens with zero attached hydrogens (tertiary/aromatic N) is 1. The van der Waals surface area contributed by atoms with E-state index in [0.29, 0.717) is 16.9 Å². The van der Waals surface area contributed by atoms with E-state index in [9.17, 15) is 13.9 Å². The Morgan fingerprint density at radius 2 is 1.84 bits per heavy atom. The van der Waals surface area contributed by atoms with Crippen molar-refractivity contribution in [2.75, 3.05) is 7.11 Å². The summed E-state index contributed by atoms with van der Waals surface area (Å²) in [5.41, 5.74) is 0.914. The van der Waals surface area contributed by atoms with Crippen molar-refractivity contribution in [1.29, 1.82) is 0 Å². The van der Waals surface area contributed by atoms with Crippen molar-refractivity contribution < 1.29 is 18.6 Å². The van der Waals surface area contributed by atoms with Crippen LogP contribution in [0, 0.1) is 11.6 Å². The molecule has 1 aromatic carbocycles. The molecule has 0 saturated heterocycles. The number of ether oxygens (including phenoxy) is 1. The molecule has 1 N–H and O–H groups in total. The van der Waals surface area contributed by atoms with Gasteiger partial charge in [0.1, 0.15) is 17.4 Å². The zero-order chi connectivity index (χ0) is 13.8. The van der Waals surface area contributed by atoms with E-state index in [-0.39, 0.29) is 6.42 Å². The Balaban J connectivity index is 2.17. The Hall–Kier alpha value is -2.01. The van der Waals surface area contributed by atoms with Gasteiger partial charge in [0.15, 0.2) is 0 Å². The molecule has 5 heteroatoms. The molecule has 0 saturated carbocycles. The lowest BCUT2D eigenvalue weighted by Gasteiger charge is -2.12. The summed E-state index contributed by atoms with van der Waals surface area (Å²) in [5, 5.41) is 10.0. The lowest BCUT2D eigenvalue weighted by molar-refractivity contribution is 0.177. The molecular formula is C14H13F2NO2. The molecule has 1 atom stereocenters. The van der Waals surface area contributed by atoms with Crippen molar-refractivity contribution in [3.8, 4) is 5.75 Å². The number of hydrogen-bond acceptors (Lipinski definition) is 3. The number of aromatic nitrogens is 1. The quantitative estimate of drug-likeness (QED) is 0.924. The summed E-state index contributed by atoms with van der Waals surface area (Å²) in [6.07, 6.45) is 2.20. The third kappa shape index (κ3) is 3.48. The highest BCUT2D eigenvalue weighted by Gasteiger charge is 2.11. The molecule has 0 radical (unpaired) electrons. The molecule has 2 rings (SSSR count). The van der Waals surface area contributed by atoms with E-state index in [2.05, 4.69) is 4.98 Å². The Labute approximate surface area is 109 Å². The number of halogens is 2. The molecule has 0 fully saturated rings. The average molecular weight is 265 g/mol. The van der Waals surface area contributed by atoms with Gasteiger partial charge >= 0.3 is 0 Å². The standard InChI is InChI=1S/C14H13F2NO2/c1-19-13-5-10(7-17-8-13)14(18)4-9-2-11(15)6-12(16)3-9/h2-3,5-8,14,18H,4H2,1H3. The van der Waals surface area contributed by atoms with Crippen molar-refractivity contribution in [1.82, 2.24) is 4.98 Å². The van der Waals surface area contributed by atoms with Crippen LogP contribution in [0.4, 0.5) is 8.78 Å². The van der Waals surface area contributed by atoms with E-state index in [4.69, 9.17) is 4.74 Å². The zero-order valence-electron chi connectivity index (χ0n) is 10.3. The summed E-state index contributed by atoms with van der Waals surface area (Å²) >= 11 is 0. The number of benzene rings is 1. The van der Waals surface area contributed by atoms with Gasteiger partial charge in [-0.25, -0.2) is 8.78 Å². The maximum absolute atomic E-state index is 13.0. The van der Waals surface area contributed by atoms with Crippen LogP contribution in [0.25, 0.3) is 0 Å². The first-order valence-corrected chi connectivity index (χ1v) is 5.70. The predicted molar refractivity (Wildman–Crippen MR) is 65.8 cm³/mol. The zero-order valence-corrected chi connectivity index (χ0v) is 10.3. The van der Waals surface area contributed by atoms with Crippen molar-refractivity contribution in [2.45, 2.75) is 12.5 Å². The van der Waals surface area contributed by atoms with E-state index in [1.807, 2.05) is 0 Å². The highest BCUT2D eigenvalue weighted by Crippen LogP contribution is 2.22. The molecule has 0 aliphatic heterocycles. The smallest absolute Gasteiger partial charge is 0.137 e. The van der Waals surface area contributed by atoms with Crippen molar-refractivity contribution in [3.63, 3.8) is 0 Å². The number of rotatable bonds is 4. The highest BCUT2D eigenvalue weighted by atomic mass is 19.1. The Morgan fingerprint density at radius 3 is 2.47 bits per heavy atom. The van der Waals surface area contributed by atoms with Crippen molar-refractivity contribution in [3.05, 3.63) is 59.4 Å². The topological polar surface area (TPSA) is 42.4 Å². The first kappa shape index (κ1) is 13.4. The number of aliphatic hydroxyl groups excluding tert-OH is 1. The Morgan fingerprint density at radius 1 is 1.16 bits per heavy atom. The predicted octanol–water partition coefficient (Wildman–Crippen LogP) is 2.64. The second-order valence-electron chi connectivity index (χ2n) is 4.16. The summed E-state index contributed by atoms with van der Waals surface area (Å²) in [6, 6.07) is 4.82. The maximum Gasteiger partial charge on any atom is 0.137 e. The van der Waals surface area contributed by atoms with Gasteiger partial charge in [0, 0.05) is 24.2 Å². The van der Waals surface area contributed by atoms with Crippen LogP contribution in [-0.4, -0.2) is 17.2 Å². The van der Waals surface area contributed by atoms with Gasteiger partial charge in [-0.05, 0) is 23.8 Å². The fourth-order valence-corrected chi connectivity index (χ4v) is 1.80. The van der Waals surface area contributed by atoms with Gasteiger partial charge in [-0.2, -0.15) is 0 Å². The normalized spacial score (nSPS) is 12.2. The van der Waals surface area contributed by atoms with Crippen LogP contribution in [0.15, 0.2) is 36.7 Å². The van der Waals surface area contributed by atoms with Crippen LogP contribution in [0.3, 0.4) is 0 Å². The summed E-state index contributed by atoms with van der Waals surface area (Å²) in [7, 11) is 1.50. The number of pyridine rings is 1. The third-order valence-corrected chi connectivity index (χ3v) is 2.71. The van der Waals surface area contributed by atoms with Gasteiger partial charge in [0.05, 0.1) is 19.4 Å². The van der Waals surface area contributed by atoms with E-state index >= 15 is 0 Å². The molecule has 0 bridgehead atoms. The van der Waals surface area contributed by atoms with Crippen LogP contribution < -0.4 is 4.74 Å². The number of hydrogen-bond donors (Lipinski definition) is 1.